The number of nitrogens with zero attached hydrogens (tertiary/aromatic N) is 2. The summed E-state index contributed by atoms with van der Waals surface area (Å²) in [6.07, 6.45) is 0.550. The third-order valence-corrected chi connectivity index (χ3v) is 5.26. The van der Waals surface area contributed by atoms with Crippen LogP contribution in [0, 0.1) is 5.92 Å². The summed E-state index contributed by atoms with van der Waals surface area (Å²) >= 11 is 0. The number of carbonyl (C=O) groups is 3. The summed E-state index contributed by atoms with van der Waals surface area (Å²) in [5.41, 5.74) is 1.60. The molecule has 1 N–H and O–H groups in total. The van der Waals surface area contributed by atoms with Crippen molar-refractivity contribution in [3.8, 4) is 0 Å². The van der Waals surface area contributed by atoms with Crippen molar-refractivity contribution in [2.24, 2.45) is 5.92 Å². The molecule has 3 amide bonds. The number of hydrogen-bond acceptors (Lipinski definition) is 3. The average molecular weight is 357 g/mol. The molecule has 140 valence electrons. The van der Waals surface area contributed by atoms with Gasteiger partial charge in [-0.3, -0.25) is 14.4 Å². The lowest BCUT2D eigenvalue weighted by atomic mass is 9.85. The van der Waals surface area contributed by atoms with E-state index in [1.165, 1.54) is 0 Å². The van der Waals surface area contributed by atoms with Crippen molar-refractivity contribution in [1.29, 1.82) is 0 Å². The molecular formula is C20H27N3O3. The van der Waals surface area contributed by atoms with Gasteiger partial charge in [-0.2, -0.15) is 0 Å². The van der Waals surface area contributed by atoms with E-state index in [-0.39, 0.29) is 17.7 Å². The number of hydrogen-bond donors (Lipinski definition) is 1. The summed E-state index contributed by atoms with van der Waals surface area (Å²) in [5, 5.41) is 2.86. The predicted octanol–water partition coefficient (Wildman–Crippen LogP) is 2.25. The number of carbonyl (C=O) groups excluding carboxylic acids is 3. The highest BCUT2D eigenvalue weighted by Gasteiger charge is 2.39. The highest BCUT2D eigenvalue weighted by molar-refractivity contribution is 6.07. The minimum atomic E-state index is -0.631. The molecule has 0 saturated carbocycles. The van der Waals surface area contributed by atoms with Crippen molar-refractivity contribution in [2.75, 3.05) is 31.5 Å². The molecule has 0 spiro atoms. The van der Waals surface area contributed by atoms with E-state index in [1.807, 2.05) is 38.7 Å². The molecule has 1 fully saturated rings. The molecule has 1 aromatic rings. The highest BCUT2D eigenvalue weighted by Crippen LogP contribution is 2.37. The molecular weight excluding hydrogens is 330 g/mol. The van der Waals surface area contributed by atoms with Crippen LogP contribution in [0.1, 0.15) is 50.0 Å². The van der Waals surface area contributed by atoms with Gasteiger partial charge in [0.05, 0.1) is 5.41 Å². The van der Waals surface area contributed by atoms with Crippen molar-refractivity contribution in [3.63, 3.8) is 0 Å². The molecule has 6 heteroatoms. The Kier molecular flexibility index (Phi) is 4.78. The van der Waals surface area contributed by atoms with E-state index in [0.29, 0.717) is 44.1 Å². The van der Waals surface area contributed by atoms with Gasteiger partial charge < -0.3 is 15.1 Å². The van der Waals surface area contributed by atoms with Gasteiger partial charge in [-0.05, 0) is 43.5 Å². The van der Waals surface area contributed by atoms with E-state index in [4.69, 9.17) is 0 Å². The summed E-state index contributed by atoms with van der Waals surface area (Å²) in [6, 6.07) is 5.39. The fraction of sp³-hybridized carbons (Fsp3) is 0.550. The maximum absolute atomic E-state index is 12.9. The fourth-order valence-electron chi connectivity index (χ4n) is 3.52. The lowest BCUT2D eigenvalue weighted by Crippen LogP contribution is -2.50. The molecule has 3 rings (SSSR count). The second kappa shape index (κ2) is 6.74. The molecule has 0 aliphatic carbocycles. The minimum Gasteiger partial charge on any atom is -0.339 e. The smallest absolute Gasteiger partial charge is 0.253 e. The van der Waals surface area contributed by atoms with Crippen LogP contribution in [0.2, 0.25) is 0 Å². The number of amides is 3. The summed E-state index contributed by atoms with van der Waals surface area (Å²) in [5.74, 6) is 0.414. The molecule has 26 heavy (non-hydrogen) atoms. The number of rotatable bonds is 3. The largest absolute Gasteiger partial charge is 0.339 e. The van der Waals surface area contributed by atoms with Gasteiger partial charge in [0.2, 0.25) is 11.8 Å². The normalized spacial score (nSPS) is 18.7. The number of anilines is 1. The first-order chi connectivity index (χ1) is 12.2. The van der Waals surface area contributed by atoms with Gasteiger partial charge in [0.15, 0.2) is 0 Å². The molecule has 0 aromatic heterocycles. The third-order valence-electron chi connectivity index (χ3n) is 5.26. The van der Waals surface area contributed by atoms with Gasteiger partial charge in [-0.25, -0.2) is 0 Å². The predicted molar refractivity (Wildman–Crippen MR) is 100 cm³/mol. The topological polar surface area (TPSA) is 69.7 Å². The van der Waals surface area contributed by atoms with Crippen LogP contribution in [-0.4, -0.2) is 53.7 Å². The quantitative estimate of drug-likeness (QED) is 0.902. The lowest BCUT2D eigenvalue weighted by Gasteiger charge is -2.35. The Balaban J connectivity index is 1.68. The Bertz CT molecular complexity index is 747. The van der Waals surface area contributed by atoms with Crippen molar-refractivity contribution < 1.29 is 14.4 Å². The maximum atomic E-state index is 12.9. The van der Waals surface area contributed by atoms with Gasteiger partial charge in [-0.15, -0.1) is 0 Å². The molecule has 0 radical (unpaired) electrons. The Morgan fingerprint density at radius 3 is 2.35 bits per heavy atom. The lowest BCUT2D eigenvalue weighted by molar-refractivity contribution is -0.133. The van der Waals surface area contributed by atoms with Crippen LogP contribution in [0.3, 0.4) is 0 Å². The fourth-order valence-corrected chi connectivity index (χ4v) is 3.52. The Labute approximate surface area is 154 Å². The van der Waals surface area contributed by atoms with Crippen molar-refractivity contribution in [3.05, 3.63) is 29.3 Å². The monoisotopic (exact) mass is 357 g/mol. The molecule has 0 bridgehead atoms. The molecule has 2 aliphatic rings. The standard InChI is InChI=1S/C20H27N3O3/c1-13(2)11-17(24)22-7-9-23(10-8-22)18(25)14-5-6-16-15(12-14)20(3,4)19(26)21-16/h5-6,12-13H,7-11H2,1-4H3,(H,21,26). The second-order valence-electron chi connectivity index (χ2n) is 8.11. The van der Waals surface area contributed by atoms with Crippen LogP contribution >= 0.6 is 0 Å². The van der Waals surface area contributed by atoms with E-state index in [0.717, 1.165) is 11.3 Å². The van der Waals surface area contributed by atoms with Crippen molar-refractivity contribution >= 4 is 23.4 Å². The van der Waals surface area contributed by atoms with Gasteiger partial charge in [0.25, 0.3) is 5.91 Å². The van der Waals surface area contributed by atoms with E-state index in [1.54, 1.807) is 17.0 Å². The Morgan fingerprint density at radius 1 is 1.12 bits per heavy atom. The number of piperazine rings is 1. The van der Waals surface area contributed by atoms with Crippen LogP contribution in [0.5, 0.6) is 0 Å². The summed E-state index contributed by atoms with van der Waals surface area (Å²) < 4.78 is 0. The van der Waals surface area contributed by atoms with Crippen LogP contribution in [-0.2, 0) is 15.0 Å². The molecule has 6 nitrogen and oxygen atoms in total. The van der Waals surface area contributed by atoms with E-state index in [2.05, 4.69) is 5.32 Å². The second-order valence-corrected chi connectivity index (χ2v) is 8.11. The first-order valence-electron chi connectivity index (χ1n) is 9.23. The maximum Gasteiger partial charge on any atom is 0.253 e. The molecule has 0 atom stereocenters. The zero-order chi connectivity index (χ0) is 19.1. The first-order valence-corrected chi connectivity index (χ1v) is 9.23. The van der Waals surface area contributed by atoms with Gasteiger partial charge in [-0.1, -0.05) is 13.8 Å². The van der Waals surface area contributed by atoms with Crippen LogP contribution in [0.25, 0.3) is 0 Å². The van der Waals surface area contributed by atoms with Crippen molar-refractivity contribution in [2.45, 2.75) is 39.5 Å². The molecule has 0 unspecified atom stereocenters. The number of nitrogens with one attached hydrogen (secondary N) is 1. The van der Waals surface area contributed by atoms with E-state index < -0.39 is 5.41 Å². The molecule has 2 aliphatic heterocycles. The Morgan fingerprint density at radius 2 is 1.73 bits per heavy atom. The van der Waals surface area contributed by atoms with Crippen LogP contribution in [0.4, 0.5) is 5.69 Å². The highest BCUT2D eigenvalue weighted by atomic mass is 16.2. The number of benzene rings is 1. The molecule has 1 aromatic carbocycles. The van der Waals surface area contributed by atoms with Gasteiger partial charge in [0, 0.05) is 43.9 Å². The number of fused-ring (bicyclic) bond motifs is 1. The zero-order valence-electron chi connectivity index (χ0n) is 16.0. The summed E-state index contributed by atoms with van der Waals surface area (Å²) in [7, 11) is 0. The zero-order valence-corrected chi connectivity index (χ0v) is 16.0. The Hall–Kier alpha value is -2.37. The van der Waals surface area contributed by atoms with Gasteiger partial charge >= 0.3 is 0 Å². The van der Waals surface area contributed by atoms with Gasteiger partial charge in [0.1, 0.15) is 0 Å². The minimum absolute atomic E-state index is 0.0427. The van der Waals surface area contributed by atoms with Crippen molar-refractivity contribution in [1.82, 2.24) is 9.80 Å². The van der Waals surface area contributed by atoms with E-state index >= 15 is 0 Å². The summed E-state index contributed by atoms with van der Waals surface area (Å²) in [4.78, 5) is 40.7. The molecule has 1 saturated heterocycles. The SMILES string of the molecule is CC(C)CC(=O)N1CCN(C(=O)c2ccc3c(c2)C(C)(C)C(=O)N3)CC1. The third kappa shape index (κ3) is 3.32. The van der Waals surface area contributed by atoms with E-state index in [9.17, 15) is 14.4 Å². The first kappa shape index (κ1) is 18.4. The van der Waals surface area contributed by atoms with Crippen LogP contribution in [0.15, 0.2) is 18.2 Å². The summed E-state index contributed by atoms with van der Waals surface area (Å²) in [6.45, 7) is 10.0. The molecule has 2 heterocycles. The average Bonchev–Trinajstić information content (AvgIpc) is 2.83. The van der Waals surface area contributed by atoms with Crippen LogP contribution < -0.4 is 5.32 Å².